The van der Waals surface area contributed by atoms with Gasteiger partial charge < -0.3 is 9.88 Å². The number of aromatic nitrogens is 2. The van der Waals surface area contributed by atoms with E-state index in [0.29, 0.717) is 35.5 Å². The van der Waals surface area contributed by atoms with Gasteiger partial charge in [-0.3, -0.25) is 14.4 Å². The number of carbonyl (C=O) groups is 2. The molecule has 1 N–H and O–H groups in total. The van der Waals surface area contributed by atoms with E-state index in [2.05, 4.69) is 11.9 Å². The highest BCUT2D eigenvalue weighted by Crippen LogP contribution is 2.24. The summed E-state index contributed by atoms with van der Waals surface area (Å²) < 4.78 is 32.2. The lowest BCUT2D eigenvalue weighted by Crippen LogP contribution is -2.38. The van der Waals surface area contributed by atoms with Gasteiger partial charge in [-0.2, -0.15) is 13.2 Å². The molecule has 0 radical (unpaired) electrons. The zero-order chi connectivity index (χ0) is 25.8. The van der Waals surface area contributed by atoms with Crippen LogP contribution in [-0.2, 0) is 4.79 Å². The average molecular weight is 510 g/mol. The van der Waals surface area contributed by atoms with Gasteiger partial charge in [-0.1, -0.05) is 37.1 Å². The SMILES string of the molecule is CCC1CCN(C(=O)c2ccc(Cl)c(-n3c(=O)[nH]c4ccccc4c3=O)c2)CC1.O=CC(F)(F)F. The van der Waals surface area contributed by atoms with Crippen molar-refractivity contribution in [2.45, 2.75) is 32.4 Å². The smallest absolute Gasteiger partial charge is 0.339 e. The van der Waals surface area contributed by atoms with E-state index >= 15 is 0 Å². The van der Waals surface area contributed by atoms with Crippen LogP contribution in [0, 0.1) is 5.92 Å². The van der Waals surface area contributed by atoms with E-state index in [4.69, 9.17) is 16.4 Å². The lowest BCUT2D eigenvalue weighted by atomic mass is 9.94. The van der Waals surface area contributed by atoms with Gasteiger partial charge in [-0.05, 0) is 49.1 Å². The van der Waals surface area contributed by atoms with Crippen LogP contribution in [0.25, 0.3) is 16.6 Å². The monoisotopic (exact) mass is 509 g/mol. The molecule has 0 saturated carbocycles. The van der Waals surface area contributed by atoms with Crippen molar-refractivity contribution in [1.29, 1.82) is 0 Å². The van der Waals surface area contributed by atoms with E-state index in [9.17, 15) is 27.6 Å². The number of H-pyrrole nitrogens is 1. The van der Waals surface area contributed by atoms with Gasteiger partial charge in [0.25, 0.3) is 11.5 Å². The number of piperidine rings is 1. The van der Waals surface area contributed by atoms with Crippen molar-refractivity contribution in [3.8, 4) is 5.69 Å². The second-order valence-electron chi connectivity index (χ2n) is 8.09. The molecule has 1 amide bonds. The minimum absolute atomic E-state index is 0.109. The molecule has 4 rings (SSSR count). The molecule has 2 heterocycles. The van der Waals surface area contributed by atoms with E-state index in [1.807, 2.05) is 4.90 Å². The first-order valence-corrected chi connectivity index (χ1v) is 11.3. The summed E-state index contributed by atoms with van der Waals surface area (Å²) in [6.07, 6.45) is -2.59. The number of hydrogen-bond acceptors (Lipinski definition) is 4. The Balaban J connectivity index is 0.000000509. The van der Waals surface area contributed by atoms with Crippen molar-refractivity contribution < 1.29 is 22.8 Å². The maximum absolute atomic E-state index is 13.0. The van der Waals surface area contributed by atoms with Crippen molar-refractivity contribution in [1.82, 2.24) is 14.5 Å². The zero-order valence-electron chi connectivity index (χ0n) is 18.8. The van der Waals surface area contributed by atoms with E-state index in [1.165, 1.54) is 6.07 Å². The summed E-state index contributed by atoms with van der Waals surface area (Å²) in [4.78, 5) is 51.8. The van der Waals surface area contributed by atoms with Gasteiger partial charge >= 0.3 is 11.9 Å². The Morgan fingerprint density at radius 3 is 2.37 bits per heavy atom. The number of amides is 1. The highest BCUT2D eigenvalue weighted by molar-refractivity contribution is 6.32. The number of nitrogens with zero attached hydrogens (tertiary/aromatic N) is 2. The van der Waals surface area contributed by atoms with Gasteiger partial charge in [-0.25, -0.2) is 9.36 Å². The molecule has 0 unspecified atom stereocenters. The van der Waals surface area contributed by atoms with Crippen molar-refractivity contribution in [2.75, 3.05) is 13.1 Å². The van der Waals surface area contributed by atoms with Gasteiger partial charge in [0.2, 0.25) is 6.29 Å². The quantitative estimate of drug-likeness (QED) is 0.532. The molecule has 1 saturated heterocycles. The summed E-state index contributed by atoms with van der Waals surface area (Å²) in [5.41, 5.74) is 0.0150. The molecular weight excluding hydrogens is 487 g/mol. The number of para-hydroxylation sites is 1. The molecule has 0 bridgehead atoms. The minimum atomic E-state index is -4.64. The molecule has 2 aromatic carbocycles. The number of rotatable bonds is 3. The second-order valence-corrected chi connectivity index (χ2v) is 8.49. The second kappa shape index (κ2) is 10.9. The molecule has 11 heteroatoms. The summed E-state index contributed by atoms with van der Waals surface area (Å²) in [5.74, 6) is 0.553. The average Bonchev–Trinajstić information content (AvgIpc) is 2.84. The zero-order valence-corrected chi connectivity index (χ0v) is 19.5. The lowest BCUT2D eigenvalue weighted by Gasteiger charge is -2.31. The number of likely N-dealkylation sites (tertiary alicyclic amines) is 1. The third-order valence-corrected chi connectivity index (χ3v) is 6.17. The number of benzene rings is 2. The first-order valence-electron chi connectivity index (χ1n) is 10.9. The molecular formula is C24H23ClF3N3O4. The maximum atomic E-state index is 13.0. The van der Waals surface area contributed by atoms with Crippen LogP contribution in [0.15, 0.2) is 52.1 Å². The van der Waals surface area contributed by atoms with Gasteiger partial charge in [0, 0.05) is 18.7 Å². The maximum Gasteiger partial charge on any atom is 0.446 e. The number of aromatic amines is 1. The van der Waals surface area contributed by atoms with E-state index in [0.717, 1.165) is 23.8 Å². The lowest BCUT2D eigenvalue weighted by molar-refractivity contribution is -0.156. The Bertz CT molecular complexity index is 1340. The van der Waals surface area contributed by atoms with Crippen molar-refractivity contribution >= 4 is 34.7 Å². The van der Waals surface area contributed by atoms with Crippen LogP contribution in [0.2, 0.25) is 5.02 Å². The number of hydrogen-bond donors (Lipinski definition) is 1. The molecule has 1 aliphatic rings. The van der Waals surface area contributed by atoms with Crippen molar-refractivity contribution in [2.24, 2.45) is 5.92 Å². The number of nitrogens with one attached hydrogen (secondary N) is 1. The number of aldehydes is 1. The summed E-state index contributed by atoms with van der Waals surface area (Å²) in [6, 6.07) is 11.5. The Labute approximate surface area is 203 Å². The van der Waals surface area contributed by atoms with Gasteiger partial charge in [0.05, 0.1) is 21.6 Å². The molecule has 7 nitrogen and oxygen atoms in total. The van der Waals surface area contributed by atoms with Crippen LogP contribution in [0.4, 0.5) is 13.2 Å². The molecule has 0 aliphatic carbocycles. The predicted molar refractivity (Wildman–Crippen MR) is 126 cm³/mol. The van der Waals surface area contributed by atoms with Crippen LogP contribution >= 0.6 is 11.6 Å². The summed E-state index contributed by atoms with van der Waals surface area (Å²) in [5, 5.41) is 0.607. The Hall–Kier alpha value is -3.40. The van der Waals surface area contributed by atoms with Crippen LogP contribution in [0.1, 0.15) is 36.5 Å². The van der Waals surface area contributed by atoms with Crippen molar-refractivity contribution in [3.05, 3.63) is 73.9 Å². The fraction of sp³-hybridized carbons (Fsp3) is 0.333. The molecule has 3 aromatic rings. The van der Waals surface area contributed by atoms with Gasteiger partial charge in [0.15, 0.2) is 0 Å². The van der Waals surface area contributed by atoms with Crippen LogP contribution in [-0.4, -0.2) is 45.9 Å². The minimum Gasteiger partial charge on any atom is -0.339 e. The van der Waals surface area contributed by atoms with Gasteiger partial charge in [0.1, 0.15) is 0 Å². The Morgan fingerprint density at radius 2 is 1.77 bits per heavy atom. The molecule has 1 fully saturated rings. The Morgan fingerprint density at radius 1 is 1.14 bits per heavy atom. The molecule has 0 atom stereocenters. The van der Waals surface area contributed by atoms with E-state index < -0.39 is 23.7 Å². The topological polar surface area (TPSA) is 92.2 Å². The van der Waals surface area contributed by atoms with Crippen LogP contribution in [0.5, 0.6) is 0 Å². The number of halogens is 4. The molecule has 0 spiro atoms. The van der Waals surface area contributed by atoms with Gasteiger partial charge in [-0.15, -0.1) is 0 Å². The molecule has 35 heavy (non-hydrogen) atoms. The van der Waals surface area contributed by atoms with Crippen molar-refractivity contribution in [3.63, 3.8) is 0 Å². The summed E-state index contributed by atoms with van der Waals surface area (Å²) in [6.45, 7) is 3.60. The molecule has 1 aliphatic heterocycles. The normalized spacial score (nSPS) is 14.4. The number of fused-ring (bicyclic) bond motifs is 1. The van der Waals surface area contributed by atoms with E-state index in [1.54, 1.807) is 36.4 Å². The first-order chi connectivity index (χ1) is 16.6. The Kier molecular flexibility index (Phi) is 8.16. The predicted octanol–water partition coefficient (Wildman–Crippen LogP) is 4.34. The third-order valence-electron chi connectivity index (χ3n) is 5.85. The van der Waals surface area contributed by atoms with Crippen LogP contribution < -0.4 is 11.2 Å². The van der Waals surface area contributed by atoms with Crippen LogP contribution in [0.3, 0.4) is 0 Å². The number of carbonyl (C=O) groups excluding carboxylic acids is 2. The molecule has 186 valence electrons. The fourth-order valence-electron chi connectivity index (χ4n) is 3.93. The van der Waals surface area contributed by atoms with E-state index in [-0.39, 0.29) is 16.6 Å². The number of alkyl halides is 3. The highest BCUT2D eigenvalue weighted by atomic mass is 35.5. The largest absolute Gasteiger partial charge is 0.446 e. The fourth-order valence-corrected chi connectivity index (χ4v) is 4.13. The standard InChI is InChI=1S/C22H22ClN3O3.C2HF3O/c1-2-14-9-11-25(12-10-14)20(27)15-7-8-17(23)19(13-15)26-21(28)16-5-3-4-6-18(16)24-22(26)29;3-2(4,5)1-6/h3-8,13-14H,2,9-12H2,1H3,(H,24,29);1H. The third kappa shape index (κ3) is 6.19. The first kappa shape index (κ1) is 26.2. The highest BCUT2D eigenvalue weighted by Gasteiger charge is 2.25. The summed E-state index contributed by atoms with van der Waals surface area (Å²) in [7, 11) is 0. The molecule has 1 aromatic heterocycles. The summed E-state index contributed by atoms with van der Waals surface area (Å²) >= 11 is 6.32.